The monoisotopic (exact) mass is 247 g/mol. The average molecular weight is 247 g/mol. The molecule has 0 spiro atoms. The van der Waals surface area contributed by atoms with Crippen LogP contribution < -0.4 is 10.5 Å². The van der Waals surface area contributed by atoms with Crippen LogP contribution in [0, 0.1) is 11.3 Å². The standard InChI is InChI=1S/C13H17N3O2/c1-13(2)5-8-9(6-14)12(17)15-11(16(3)4)10(8)7-18-13/h5,7H2,1-4H3,(H,15,17). The van der Waals surface area contributed by atoms with Crippen LogP contribution in [0.5, 0.6) is 0 Å². The van der Waals surface area contributed by atoms with E-state index in [1.807, 2.05) is 38.9 Å². The maximum absolute atomic E-state index is 11.9. The molecule has 1 aromatic heterocycles. The third kappa shape index (κ3) is 2.00. The largest absolute Gasteiger partial charge is 0.370 e. The molecule has 1 aliphatic heterocycles. The molecule has 0 amide bonds. The van der Waals surface area contributed by atoms with E-state index in [9.17, 15) is 4.79 Å². The van der Waals surface area contributed by atoms with Gasteiger partial charge in [0.05, 0.1) is 12.2 Å². The SMILES string of the molecule is CN(C)c1[nH]c(=O)c(C#N)c2c1COC(C)(C)C2. The molecular formula is C13H17N3O2. The number of nitrogens with one attached hydrogen (secondary N) is 1. The van der Waals surface area contributed by atoms with Gasteiger partial charge in [-0.3, -0.25) is 4.79 Å². The van der Waals surface area contributed by atoms with E-state index in [0.29, 0.717) is 13.0 Å². The normalized spacial score (nSPS) is 16.8. The minimum atomic E-state index is -0.337. The van der Waals surface area contributed by atoms with Crippen molar-refractivity contribution in [3.63, 3.8) is 0 Å². The van der Waals surface area contributed by atoms with Crippen LogP contribution >= 0.6 is 0 Å². The summed E-state index contributed by atoms with van der Waals surface area (Å²) < 4.78 is 5.76. The number of aromatic nitrogens is 1. The van der Waals surface area contributed by atoms with Crippen LogP contribution in [-0.4, -0.2) is 24.7 Å². The average Bonchev–Trinajstić information content (AvgIpc) is 2.26. The van der Waals surface area contributed by atoms with Crippen molar-refractivity contribution >= 4 is 5.82 Å². The molecule has 1 N–H and O–H groups in total. The highest BCUT2D eigenvalue weighted by Crippen LogP contribution is 2.32. The first-order valence-electron chi connectivity index (χ1n) is 5.85. The summed E-state index contributed by atoms with van der Waals surface area (Å²) in [6, 6.07) is 2.01. The number of ether oxygens (including phenoxy) is 1. The van der Waals surface area contributed by atoms with Gasteiger partial charge >= 0.3 is 0 Å². The molecule has 0 atom stereocenters. The molecule has 0 aliphatic carbocycles. The second-order valence-corrected chi connectivity index (χ2v) is 5.37. The second-order valence-electron chi connectivity index (χ2n) is 5.37. The van der Waals surface area contributed by atoms with E-state index < -0.39 is 0 Å². The van der Waals surface area contributed by atoms with Gasteiger partial charge in [-0.2, -0.15) is 5.26 Å². The summed E-state index contributed by atoms with van der Waals surface area (Å²) in [5, 5.41) is 9.15. The van der Waals surface area contributed by atoms with Crippen LogP contribution in [0.3, 0.4) is 0 Å². The lowest BCUT2D eigenvalue weighted by Gasteiger charge is -2.34. The molecule has 0 saturated heterocycles. The summed E-state index contributed by atoms with van der Waals surface area (Å²) in [6.45, 7) is 4.35. The zero-order chi connectivity index (χ0) is 13.5. The van der Waals surface area contributed by atoms with Gasteiger partial charge in [-0.15, -0.1) is 0 Å². The third-order valence-electron chi connectivity index (χ3n) is 3.18. The molecule has 0 saturated carbocycles. The Bertz CT molecular complexity index is 579. The molecule has 0 bridgehead atoms. The van der Waals surface area contributed by atoms with Gasteiger partial charge in [-0.1, -0.05) is 0 Å². The fourth-order valence-corrected chi connectivity index (χ4v) is 2.27. The molecule has 18 heavy (non-hydrogen) atoms. The van der Waals surface area contributed by atoms with E-state index in [0.717, 1.165) is 16.9 Å². The number of hydrogen-bond donors (Lipinski definition) is 1. The molecule has 96 valence electrons. The van der Waals surface area contributed by atoms with Crippen LogP contribution in [0.2, 0.25) is 0 Å². The highest BCUT2D eigenvalue weighted by molar-refractivity contribution is 5.55. The van der Waals surface area contributed by atoms with E-state index >= 15 is 0 Å². The topological polar surface area (TPSA) is 69.1 Å². The van der Waals surface area contributed by atoms with Gasteiger partial charge in [0.2, 0.25) is 0 Å². The predicted octanol–water partition coefficient (Wildman–Crippen LogP) is 1.16. The Balaban J connectivity index is 2.72. The molecule has 5 nitrogen and oxygen atoms in total. The first-order chi connectivity index (χ1) is 8.35. The Hall–Kier alpha value is -1.80. The number of pyridine rings is 1. The molecule has 1 aliphatic rings. The number of nitriles is 1. The van der Waals surface area contributed by atoms with Crippen molar-refractivity contribution in [1.82, 2.24) is 4.98 Å². The van der Waals surface area contributed by atoms with Gasteiger partial charge in [0.1, 0.15) is 17.5 Å². The minimum Gasteiger partial charge on any atom is -0.370 e. The number of fused-ring (bicyclic) bond motifs is 1. The quantitative estimate of drug-likeness (QED) is 0.808. The van der Waals surface area contributed by atoms with E-state index in [1.165, 1.54) is 0 Å². The lowest BCUT2D eigenvalue weighted by Crippen LogP contribution is -2.36. The summed E-state index contributed by atoms with van der Waals surface area (Å²) in [6.07, 6.45) is 0.579. The highest BCUT2D eigenvalue weighted by Gasteiger charge is 2.31. The summed E-state index contributed by atoms with van der Waals surface area (Å²) in [7, 11) is 3.72. The number of anilines is 1. The zero-order valence-corrected chi connectivity index (χ0v) is 11.1. The molecule has 0 radical (unpaired) electrons. The molecule has 0 aromatic carbocycles. The number of aromatic amines is 1. The van der Waals surface area contributed by atoms with Gasteiger partial charge in [0, 0.05) is 26.1 Å². The van der Waals surface area contributed by atoms with E-state index in [4.69, 9.17) is 10.00 Å². The Morgan fingerprint density at radius 1 is 1.39 bits per heavy atom. The van der Waals surface area contributed by atoms with Gasteiger partial charge in [0.15, 0.2) is 0 Å². The van der Waals surface area contributed by atoms with Crippen molar-refractivity contribution in [1.29, 1.82) is 5.26 Å². The van der Waals surface area contributed by atoms with Crippen molar-refractivity contribution in [3.05, 3.63) is 27.0 Å². The molecule has 0 fully saturated rings. The van der Waals surface area contributed by atoms with Crippen molar-refractivity contribution in [2.45, 2.75) is 32.5 Å². The van der Waals surface area contributed by atoms with E-state index in [2.05, 4.69) is 4.98 Å². The van der Waals surface area contributed by atoms with Crippen LogP contribution in [0.1, 0.15) is 30.5 Å². The molecule has 1 aromatic rings. The van der Waals surface area contributed by atoms with Gasteiger partial charge in [-0.05, 0) is 19.4 Å². The molecule has 0 unspecified atom stereocenters. The molecule has 5 heteroatoms. The van der Waals surface area contributed by atoms with Gasteiger partial charge in [-0.25, -0.2) is 0 Å². The Kier molecular flexibility index (Phi) is 2.91. The van der Waals surface area contributed by atoms with Crippen molar-refractivity contribution in [2.75, 3.05) is 19.0 Å². The zero-order valence-electron chi connectivity index (χ0n) is 11.1. The third-order valence-corrected chi connectivity index (χ3v) is 3.18. The summed E-state index contributed by atoms with van der Waals surface area (Å²) in [4.78, 5) is 16.5. The number of H-pyrrole nitrogens is 1. The maximum Gasteiger partial charge on any atom is 0.267 e. The highest BCUT2D eigenvalue weighted by atomic mass is 16.5. The smallest absolute Gasteiger partial charge is 0.267 e. The number of rotatable bonds is 1. The first kappa shape index (κ1) is 12.7. The maximum atomic E-state index is 11.9. The molecule has 2 heterocycles. The van der Waals surface area contributed by atoms with Gasteiger partial charge in [0.25, 0.3) is 5.56 Å². The van der Waals surface area contributed by atoms with Crippen LogP contribution in [0.25, 0.3) is 0 Å². The van der Waals surface area contributed by atoms with Crippen molar-refractivity contribution in [3.8, 4) is 6.07 Å². The Labute approximate surface area is 106 Å². The Morgan fingerprint density at radius 2 is 2.06 bits per heavy atom. The number of hydrogen-bond acceptors (Lipinski definition) is 4. The summed E-state index contributed by atoms with van der Waals surface area (Å²) in [5.41, 5.74) is 1.29. The second kappa shape index (κ2) is 4.14. The van der Waals surface area contributed by atoms with Gasteiger partial charge < -0.3 is 14.6 Å². The minimum absolute atomic E-state index is 0.215. The predicted molar refractivity (Wildman–Crippen MR) is 68.7 cm³/mol. The summed E-state index contributed by atoms with van der Waals surface area (Å²) >= 11 is 0. The fraction of sp³-hybridized carbons (Fsp3) is 0.538. The van der Waals surface area contributed by atoms with Crippen LogP contribution in [0.15, 0.2) is 4.79 Å². The summed E-state index contributed by atoms with van der Waals surface area (Å²) in [5.74, 6) is 0.726. The first-order valence-corrected chi connectivity index (χ1v) is 5.85. The molecule has 2 rings (SSSR count). The number of nitrogens with zero attached hydrogens (tertiary/aromatic N) is 2. The lowest BCUT2D eigenvalue weighted by atomic mass is 9.89. The Morgan fingerprint density at radius 3 is 2.61 bits per heavy atom. The fourth-order valence-electron chi connectivity index (χ4n) is 2.27. The molecular weight excluding hydrogens is 230 g/mol. The van der Waals surface area contributed by atoms with Crippen molar-refractivity contribution < 1.29 is 4.74 Å². The van der Waals surface area contributed by atoms with Crippen molar-refractivity contribution in [2.24, 2.45) is 0 Å². The van der Waals surface area contributed by atoms with Crippen LogP contribution in [0.4, 0.5) is 5.82 Å². The van der Waals surface area contributed by atoms with E-state index in [1.54, 1.807) is 0 Å². The van der Waals surface area contributed by atoms with Crippen LogP contribution in [-0.2, 0) is 17.8 Å². The lowest BCUT2D eigenvalue weighted by molar-refractivity contribution is -0.0401. The van der Waals surface area contributed by atoms with E-state index in [-0.39, 0.29) is 16.7 Å².